The van der Waals surface area contributed by atoms with Crippen molar-refractivity contribution in [1.82, 2.24) is 0 Å². The molecule has 2 saturated heterocycles. The molecule has 2 spiro atoms. The van der Waals surface area contributed by atoms with Gasteiger partial charge in [-0.3, -0.25) is 14.4 Å². The molecule has 0 aromatic carbocycles. The molecule has 140 valence electrons. The highest BCUT2D eigenvalue weighted by atomic mass is 16.6. The van der Waals surface area contributed by atoms with Gasteiger partial charge in [0, 0.05) is 24.2 Å². The summed E-state index contributed by atoms with van der Waals surface area (Å²) in [5, 5.41) is 0. The van der Waals surface area contributed by atoms with E-state index in [1.807, 2.05) is 0 Å². The zero-order valence-corrected chi connectivity index (χ0v) is 15.4. The maximum atomic E-state index is 13.0. The molecular formula is C20H24O6. The van der Waals surface area contributed by atoms with Crippen LogP contribution in [-0.2, 0) is 28.6 Å². The Morgan fingerprint density at radius 3 is 2.62 bits per heavy atom. The maximum absolute atomic E-state index is 13.0. The third kappa shape index (κ3) is 1.53. The van der Waals surface area contributed by atoms with Crippen LogP contribution in [0, 0.1) is 22.7 Å². The van der Waals surface area contributed by atoms with Gasteiger partial charge < -0.3 is 14.2 Å². The molecule has 0 aromatic rings. The number of Topliss-reactive ketones (excluding diaryl/α,β-unsaturated/α-hetero) is 2. The van der Waals surface area contributed by atoms with E-state index in [0.717, 1.165) is 0 Å². The third-order valence-electron chi connectivity index (χ3n) is 8.15. The van der Waals surface area contributed by atoms with Crippen molar-refractivity contribution in [3.05, 3.63) is 12.3 Å². The smallest absolute Gasteiger partial charge is 0.320 e. The average molecular weight is 360 g/mol. The van der Waals surface area contributed by atoms with E-state index in [-0.39, 0.29) is 36.1 Å². The van der Waals surface area contributed by atoms with Gasteiger partial charge in [-0.25, -0.2) is 0 Å². The van der Waals surface area contributed by atoms with Crippen molar-refractivity contribution in [2.24, 2.45) is 22.7 Å². The normalized spacial score (nSPS) is 54.7. The van der Waals surface area contributed by atoms with Crippen molar-refractivity contribution < 1.29 is 28.6 Å². The van der Waals surface area contributed by atoms with Crippen molar-refractivity contribution in [1.29, 1.82) is 0 Å². The number of ketones is 2. The molecule has 26 heavy (non-hydrogen) atoms. The van der Waals surface area contributed by atoms with Crippen LogP contribution in [0.4, 0.5) is 0 Å². The molecule has 0 bridgehead atoms. The molecule has 6 nitrogen and oxygen atoms in total. The minimum absolute atomic E-state index is 0.0293. The monoisotopic (exact) mass is 360 g/mol. The second-order valence-electron chi connectivity index (χ2n) is 9.20. The lowest BCUT2D eigenvalue weighted by Crippen LogP contribution is -2.67. The SMILES string of the molecule is CC1CC2OC(=O)C3(C)C(=O)CCC(C)(C23)C12CC(=O)C1(C=COC1)O2. The Morgan fingerprint density at radius 1 is 1.15 bits per heavy atom. The van der Waals surface area contributed by atoms with Gasteiger partial charge in [0.05, 0.1) is 11.9 Å². The molecule has 0 radical (unpaired) electrons. The lowest BCUT2D eigenvalue weighted by molar-refractivity contribution is -0.242. The van der Waals surface area contributed by atoms with Crippen molar-refractivity contribution in [3.63, 3.8) is 0 Å². The number of rotatable bonds is 0. The summed E-state index contributed by atoms with van der Waals surface area (Å²) in [6, 6.07) is 0. The molecule has 0 amide bonds. The molecule has 0 N–H and O–H groups in total. The predicted octanol–water partition coefficient (Wildman–Crippen LogP) is 1.95. The highest BCUT2D eigenvalue weighted by molar-refractivity contribution is 6.06. The molecule has 3 aliphatic heterocycles. The third-order valence-corrected chi connectivity index (χ3v) is 8.15. The maximum Gasteiger partial charge on any atom is 0.320 e. The van der Waals surface area contributed by atoms with E-state index in [2.05, 4.69) is 13.8 Å². The number of hydrogen-bond acceptors (Lipinski definition) is 6. The zero-order valence-electron chi connectivity index (χ0n) is 15.4. The Morgan fingerprint density at radius 2 is 1.92 bits per heavy atom. The summed E-state index contributed by atoms with van der Waals surface area (Å²) < 4.78 is 17.7. The number of esters is 1. The summed E-state index contributed by atoms with van der Waals surface area (Å²) in [6.07, 6.45) is 4.80. The van der Waals surface area contributed by atoms with E-state index >= 15 is 0 Å². The molecule has 5 aliphatic rings. The van der Waals surface area contributed by atoms with Crippen LogP contribution < -0.4 is 0 Å². The molecule has 6 heteroatoms. The first-order valence-electron chi connectivity index (χ1n) is 9.47. The van der Waals surface area contributed by atoms with Crippen LogP contribution in [0.1, 0.15) is 46.5 Å². The van der Waals surface area contributed by atoms with Gasteiger partial charge in [0.1, 0.15) is 23.9 Å². The first-order valence-corrected chi connectivity index (χ1v) is 9.47. The van der Waals surface area contributed by atoms with Crippen molar-refractivity contribution >= 4 is 17.5 Å². The lowest BCUT2D eigenvalue weighted by Gasteiger charge is -2.61. The predicted molar refractivity (Wildman–Crippen MR) is 88.9 cm³/mol. The summed E-state index contributed by atoms with van der Waals surface area (Å²) in [4.78, 5) is 38.4. The summed E-state index contributed by atoms with van der Waals surface area (Å²) in [5.74, 6) is -0.638. The fraction of sp³-hybridized carbons (Fsp3) is 0.750. The van der Waals surface area contributed by atoms with E-state index in [9.17, 15) is 14.4 Å². The van der Waals surface area contributed by atoms with E-state index in [0.29, 0.717) is 25.7 Å². The molecule has 7 unspecified atom stereocenters. The average Bonchev–Trinajstić information content (AvgIpc) is 3.23. The number of ether oxygens (including phenoxy) is 3. The largest absolute Gasteiger partial charge is 0.498 e. The topological polar surface area (TPSA) is 78.9 Å². The summed E-state index contributed by atoms with van der Waals surface area (Å²) in [6.45, 7) is 6.11. The Balaban J connectivity index is 1.67. The Labute approximate surface area is 152 Å². The van der Waals surface area contributed by atoms with Crippen molar-refractivity contribution in [3.8, 4) is 0 Å². The fourth-order valence-electron chi connectivity index (χ4n) is 6.72. The first kappa shape index (κ1) is 16.5. The number of hydrogen-bond donors (Lipinski definition) is 0. The van der Waals surface area contributed by atoms with Crippen molar-refractivity contribution in [2.75, 3.05) is 6.61 Å². The quantitative estimate of drug-likeness (QED) is 0.485. The molecule has 5 rings (SSSR count). The van der Waals surface area contributed by atoms with E-state index < -0.39 is 28.0 Å². The fourth-order valence-corrected chi connectivity index (χ4v) is 6.72. The minimum Gasteiger partial charge on any atom is -0.498 e. The summed E-state index contributed by atoms with van der Waals surface area (Å²) in [5.41, 5.74) is -3.35. The second kappa shape index (κ2) is 4.58. The Bertz CT molecular complexity index is 772. The van der Waals surface area contributed by atoms with Crippen LogP contribution in [0.2, 0.25) is 0 Å². The molecular weight excluding hydrogens is 336 g/mol. The van der Waals surface area contributed by atoms with Crippen LogP contribution >= 0.6 is 0 Å². The highest BCUT2D eigenvalue weighted by Gasteiger charge is 2.77. The van der Waals surface area contributed by atoms with Gasteiger partial charge in [0.25, 0.3) is 0 Å². The molecule has 3 heterocycles. The van der Waals surface area contributed by atoms with Gasteiger partial charge in [-0.2, -0.15) is 0 Å². The molecule has 2 saturated carbocycles. The van der Waals surface area contributed by atoms with Crippen molar-refractivity contribution in [2.45, 2.75) is 63.8 Å². The van der Waals surface area contributed by atoms with E-state index in [4.69, 9.17) is 14.2 Å². The molecule has 0 aromatic heterocycles. The van der Waals surface area contributed by atoms with Gasteiger partial charge in [-0.1, -0.05) is 13.8 Å². The van der Waals surface area contributed by atoms with Crippen LogP contribution in [0.3, 0.4) is 0 Å². The standard InChI is InChI=1S/C20H24O6/c1-11-8-12-15-17(2,5-4-13(21)18(15,3)16(23)25-12)20(11)9-14(22)19(26-20)6-7-24-10-19/h6-7,11-12,15H,4-5,8-10H2,1-3H3. The molecule has 2 aliphatic carbocycles. The Kier molecular flexibility index (Phi) is 2.91. The first-order chi connectivity index (χ1) is 12.2. The number of carbonyl (C=O) groups is 3. The zero-order chi connectivity index (χ0) is 18.5. The van der Waals surface area contributed by atoms with Gasteiger partial charge in [-0.05, 0) is 31.8 Å². The van der Waals surface area contributed by atoms with Crippen LogP contribution in [0.5, 0.6) is 0 Å². The van der Waals surface area contributed by atoms with Crippen LogP contribution in [0.15, 0.2) is 12.3 Å². The Hall–Kier alpha value is -1.69. The van der Waals surface area contributed by atoms with E-state index in [1.165, 1.54) is 6.26 Å². The highest BCUT2D eigenvalue weighted by Crippen LogP contribution is 2.69. The van der Waals surface area contributed by atoms with Gasteiger partial charge in [0.15, 0.2) is 11.4 Å². The second-order valence-corrected chi connectivity index (χ2v) is 9.20. The van der Waals surface area contributed by atoms with E-state index in [1.54, 1.807) is 13.0 Å². The molecule has 7 atom stereocenters. The van der Waals surface area contributed by atoms with Gasteiger partial charge in [-0.15, -0.1) is 0 Å². The minimum atomic E-state index is -1.13. The summed E-state index contributed by atoms with van der Waals surface area (Å²) in [7, 11) is 0. The number of carbonyl (C=O) groups excluding carboxylic acids is 3. The van der Waals surface area contributed by atoms with Crippen LogP contribution in [0.25, 0.3) is 0 Å². The van der Waals surface area contributed by atoms with Crippen LogP contribution in [-0.4, -0.2) is 41.4 Å². The summed E-state index contributed by atoms with van der Waals surface area (Å²) >= 11 is 0. The number of fused-ring (bicyclic) bond motifs is 1. The molecule has 4 fully saturated rings. The van der Waals surface area contributed by atoms with Gasteiger partial charge >= 0.3 is 5.97 Å². The lowest BCUT2D eigenvalue weighted by atomic mass is 9.44. The van der Waals surface area contributed by atoms with Gasteiger partial charge in [0.2, 0.25) is 0 Å².